The lowest BCUT2D eigenvalue weighted by atomic mass is 10.1. The number of nitrogens with one attached hydrogen (secondary N) is 3. The van der Waals surface area contributed by atoms with Gasteiger partial charge in [0.05, 0.1) is 32.7 Å². The van der Waals surface area contributed by atoms with Crippen LogP contribution in [0.25, 0.3) is 0 Å². The minimum absolute atomic E-state index is 0.00491. The van der Waals surface area contributed by atoms with Gasteiger partial charge in [-0.15, -0.1) is 5.06 Å². The molecule has 0 saturated carbocycles. The fourth-order valence-corrected chi connectivity index (χ4v) is 6.52. The molecular formula is C44H68N8O16. The van der Waals surface area contributed by atoms with Gasteiger partial charge in [-0.3, -0.25) is 62.6 Å². The molecule has 0 spiro atoms. The Morgan fingerprint density at radius 1 is 0.574 bits per heavy atom. The average molecular weight is 965 g/mol. The second-order valence-corrected chi connectivity index (χ2v) is 15.6. The molecular weight excluding hydrogens is 897 g/mol. The molecule has 0 bridgehead atoms. The van der Waals surface area contributed by atoms with Crippen LogP contribution in [-0.4, -0.2) is 202 Å². The van der Waals surface area contributed by atoms with Gasteiger partial charge in [0.1, 0.15) is 6.54 Å². The van der Waals surface area contributed by atoms with E-state index in [0.29, 0.717) is 55.7 Å². The van der Waals surface area contributed by atoms with E-state index in [-0.39, 0.29) is 89.9 Å². The maximum atomic E-state index is 13.3. The summed E-state index contributed by atoms with van der Waals surface area (Å²) < 4.78 is 0. The molecule has 1 aromatic carbocycles. The maximum absolute atomic E-state index is 13.3. The Labute approximate surface area is 395 Å². The molecule has 0 atom stereocenters. The highest BCUT2D eigenvalue weighted by Gasteiger charge is 2.32. The second-order valence-electron chi connectivity index (χ2n) is 15.6. The Hall–Kier alpha value is -6.53. The lowest BCUT2D eigenvalue weighted by Crippen LogP contribution is -2.48. The largest absolute Gasteiger partial charge is 0.480 e. The molecule has 0 aliphatic carbocycles. The van der Waals surface area contributed by atoms with Crippen molar-refractivity contribution in [3.63, 3.8) is 0 Å². The molecule has 68 heavy (non-hydrogen) atoms. The third kappa shape index (κ3) is 27.2. The number of imide groups is 1. The molecule has 1 aliphatic rings. The first-order valence-corrected chi connectivity index (χ1v) is 22.6. The zero-order valence-corrected chi connectivity index (χ0v) is 39.2. The van der Waals surface area contributed by atoms with Crippen molar-refractivity contribution in [2.24, 2.45) is 0 Å². The molecule has 0 unspecified atom stereocenters. The summed E-state index contributed by atoms with van der Waals surface area (Å²) in [6.07, 6.45) is 2.40. The SMILES string of the molecule is CC.Cc1cccc(C(=O)NCCCCN(CC(=O)O)C(=O)CN(CCN(CCN(CC(=O)O)CC(=O)NCCCCNC(=O)CCCCC(=O)ON2C(=O)CCC2=O)CC(=O)O)CC(=O)O)c1. The molecule has 24 heteroatoms. The number of hydrogen-bond acceptors (Lipinski definition) is 15. The van der Waals surface area contributed by atoms with Gasteiger partial charge < -0.3 is 46.1 Å². The lowest BCUT2D eigenvalue weighted by molar-refractivity contribution is -0.197. The van der Waals surface area contributed by atoms with E-state index in [0.717, 1.165) is 10.5 Å². The monoisotopic (exact) mass is 964 g/mol. The van der Waals surface area contributed by atoms with E-state index in [1.54, 1.807) is 18.2 Å². The number of aliphatic carboxylic acids is 4. The van der Waals surface area contributed by atoms with Crippen molar-refractivity contribution in [3.05, 3.63) is 35.4 Å². The third-order valence-electron chi connectivity index (χ3n) is 9.85. The van der Waals surface area contributed by atoms with Crippen LogP contribution in [-0.2, 0) is 52.8 Å². The predicted molar refractivity (Wildman–Crippen MR) is 241 cm³/mol. The Morgan fingerprint density at radius 3 is 1.62 bits per heavy atom. The van der Waals surface area contributed by atoms with Gasteiger partial charge >= 0.3 is 29.8 Å². The van der Waals surface area contributed by atoms with Crippen LogP contribution in [0.4, 0.5) is 0 Å². The minimum atomic E-state index is -1.30. The highest BCUT2D eigenvalue weighted by atomic mass is 16.7. The van der Waals surface area contributed by atoms with Crippen LogP contribution in [0.1, 0.15) is 94.0 Å². The Bertz CT molecular complexity index is 1850. The van der Waals surface area contributed by atoms with Crippen LogP contribution in [0.2, 0.25) is 0 Å². The van der Waals surface area contributed by atoms with Crippen LogP contribution in [0, 0.1) is 6.92 Å². The van der Waals surface area contributed by atoms with Gasteiger partial charge in [0.2, 0.25) is 17.7 Å². The number of aryl methyl sites for hydroxylation is 1. The van der Waals surface area contributed by atoms with Crippen LogP contribution in [0.5, 0.6) is 0 Å². The van der Waals surface area contributed by atoms with E-state index in [9.17, 15) is 73.2 Å². The summed E-state index contributed by atoms with van der Waals surface area (Å²) in [6, 6.07) is 7.01. The number of carboxylic acid groups (broad SMARTS) is 4. The van der Waals surface area contributed by atoms with E-state index >= 15 is 0 Å². The van der Waals surface area contributed by atoms with E-state index in [1.165, 1.54) is 14.7 Å². The number of amides is 6. The summed E-state index contributed by atoms with van der Waals surface area (Å²) in [6.45, 7) is 3.03. The van der Waals surface area contributed by atoms with Crippen molar-refractivity contribution < 1.29 is 78.0 Å². The van der Waals surface area contributed by atoms with E-state index in [4.69, 9.17) is 4.84 Å². The van der Waals surface area contributed by atoms with E-state index < -0.39 is 86.2 Å². The highest BCUT2D eigenvalue weighted by Crippen LogP contribution is 2.13. The summed E-state index contributed by atoms with van der Waals surface area (Å²) in [5, 5.41) is 46.7. The summed E-state index contributed by atoms with van der Waals surface area (Å²) >= 11 is 0. The fourth-order valence-electron chi connectivity index (χ4n) is 6.52. The van der Waals surface area contributed by atoms with Crippen LogP contribution in [0.15, 0.2) is 24.3 Å². The number of hydroxylamine groups is 2. The molecule has 7 N–H and O–H groups in total. The van der Waals surface area contributed by atoms with Gasteiger partial charge in [-0.1, -0.05) is 31.5 Å². The summed E-state index contributed by atoms with van der Waals surface area (Å²) in [7, 11) is 0. The number of unbranched alkanes of at least 4 members (excludes halogenated alkanes) is 3. The van der Waals surface area contributed by atoms with Gasteiger partial charge in [0.25, 0.3) is 17.7 Å². The average Bonchev–Trinajstić information content (AvgIpc) is 3.58. The van der Waals surface area contributed by atoms with Crippen molar-refractivity contribution in [1.82, 2.24) is 40.6 Å². The maximum Gasteiger partial charge on any atom is 0.333 e. The second kappa shape index (κ2) is 33.9. The van der Waals surface area contributed by atoms with Gasteiger partial charge in [0.15, 0.2) is 0 Å². The predicted octanol–water partition coefficient (Wildman–Crippen LogP) is -0.216. The number of carbonyl (C=O) groups is 11. The number of rotatable bonds is 35. The lowest BCUT2D eigenvalue weighted by Gasteiger charge is -2.29. The molecule has 1 saturated heterocycles. The topological polar surface area (TPSA) is 330 Å². The van der Waals surface area contributed by atoms with Gasteiger partial charge in [-0.25, -0.2) is 4.79 Å². The normalized spacial score (nSPS) is 12.1. The van der Waals surface area contributed by atoms with Crippen LogP contribution < -0.4 is 16.0 Å². The molecule has 24 nitrogen and oxygen atoms in total. The molecule has 1 fully saturated rings. The fraction of sp³-hybridized carbons (Fsp3) is 0.614. The van der Waals surface area contributed by atoms with Gasteiger partial charge in [-0.2, -0.15) is 0 Å². The number of hydrogen-bond donors (Lipinski definition) is 7. The quantitative estimate of drug-likeness (QED) is 0.0342. The molecule has 0 aromatic heterocycles. The number of carboxylic acids is 4. The molecule has 1 heterocycles. The molecule has 380 valence electrons. The standard InChI is InChI=1S/C42H62N8O16.C2H6/c1-30-9-8-10-31(23-30)42(65)45-17-6-7-18-49(29-40(62)63)36(55)25-48(28-39(60)61)22-20-46(26-37(56)57)19-21-47(27-38(58)59)24-33(52)44-16-5-4-15-43-32(51)11-2-3-12-41(64)66-50-34(53)13-14-35(50)54;1-2/h8-10,23H,2-7,11-22,24-29H2,1H3,(H,43,51)(H,44,52)(H,45,65)(H,56,57)(H,58,59)(H,60,61)(H,62,63);1-2H3. The Kier molecular flexibility index (Phi) is 29.6. The van der Waals surface area contributed by atoms with Crippen molar-refractivity contribution in [3.8, 4) is 0 Å². The molecule has 0 radical (unpaired) electrons. The number of nitrogens with zero attached hydrogens (tertiary/aromatic N) is 5. The van der Waals surface area contributed by atoms with Crippen molar-refractivity contribution in [2.75, 3.05) is 91.6 Å². The molecule has 2 rings (SSSR count). The Balaban J connectivity index is 0.0000114. The first kappa shape index (κ1) is 59.5. The van der Waals surface area contributed by atoms with Gasteiger partial charge in [-0.05, 0) is 57.6 Å². The van der Waals surface area contributed by atoms with Gasteiger partial charge in [0, 0.05) is 83.6 Å². The van der Waals surface area contributed by atoms with E-state index in [1.807, 2.05) is 26.8 Å². The minimum Gasteiger partial charge on any atom is -0.480 e. The van der Waals surface area contributed by atoms with Crippen LogP contribution >= 0.6 is 0 Å². The third-order valence-corrected chi connectivity index (χ3v) is 9.85. The Morgan fingerprint density at radius 2 is 1.06 bits per heavy atom. The van der Waals surface area contributed by atoms with Crippen molar-refractivity contribution >= 4 is 65.3 Å². The first-order valence-electron chi connectivity index (χ1n) is 22.6. The zero-order chi connectivity index (χ0) is 51.0. The summed E-state index contributed by atoms with van der Waals surface area (Å²) in [5.41, 5.74) is 1.40. The molecule has 1 aliphatic heterocycles. The van der Waals surface area contributed by atoms with Crippen LogP contribution in [0.3, 0.4) is 0 Å². The zero-order valence-electron chi connectivity index (χ0n) is 39.2. The number of benzene rings is 1. The molecule has 6 amide bonds. The summed E-state index contributed by atoms with van der Waals surface area (Å²) in [4.78, 5) is 142. The molecule has 1 aromatic rings. The van der Waals surface area contributed by atoms with E-state index in [2.05, 4.69) is 16.0 Å². The summed E-state index contributed by atoms with van der Waals surface area (Å²) in [5.74, 6) is -8.71. The van der Waals surface area contributed by atoms with Crippen molar-refractivity contribution in [2.45, 2.75) is 85.0 Å². The number of carbonyl (C=O) groups excluding carboxylic acids is 7. The highest BCUT2D eigenvalue weighted by molar-refractivity contribution is 6.01. The first-order chi connectivity index (χ1) is 32.3. The van der Waals surface area contributed by atoms with Crippen molar-refractivity contribution in [1.29, 1.82) is 0 Å². The smallest absolute Gasteiger partial charge is 0.333 e.